The van der Waals surface area contributed by atoms with Gasteiger partial charge in [0.05, 0.1) is 0 Å². The number of pyridine rings is 2. The van der Waals surface area contributed by atoms with Crippen LogP contribution in [-0.2, 0) is 6.42 Å². The molecule has 2 aromatic heterocycles. The van der Waals surface area contributed by atoms with Crippen LogP contribution in [0.15, 0.2) is 36.7 Å². The van der Waals surface area contributed by atoms with Gasteiger partial charge in [-0.25, -0.2) is 4.98 Å². The van der Waals surface area contributed by atoms with Gasteiger partial charge in [-0.1, -0.05) is 13.8 Å². The molecule has 0 unspecified atom stereocenters. The summed E-state index contributed by atoms with van der Waals surface area (Å²) >= 11 is 0. The fourth-order valence-corrected chi connectivity index (χ4v) is 1.88. The van der Waals surface area contributed by atoms with E-state index in [4.69, 9.17) is 0 Å². The van der Waals surface area contributed by atoms with Gasteiger partial charge in [-0.15, -0.1) is 0 Å². The zero-order chi connectivity index (χ0) is 15.1. The van der Waals surface area contributed by atoms with E-state index in [0.29, 0.717) is 5.56 Å². The minimum absolute atomic E-state index is 0.141. The molecule has 0 saturated carbocycles. The molecule has 0 aliphatic heterocycles. The highest BCUT2D eigenvalue weighted by atomic mass is 16.1. The Kier molecular flexibility index (Phi) is 5.26. The highest BCUT2D eigenvalue weighted by Crippen LogP contribution is 2.14. The number of amides is 1. The summed E-state index contributed by atoms with van der Waals surface area (Å²) in [6, 6.07) is 7.13. The topological polar surface area (TPSA) is 66.9 Å². The smallest absolute Gasteiger partial charge is 0.255 e. The van der Waals surface area contributed by atoms with E-state index in [1.54, 1.807) is 30.6 Å². The van der Waals surface area contributed by atoms with Crippen molar-refractivity contribution in [3.63, 3.8) is 0 Å². The maximum Gasteiger partial charge on any atom is 0.255 e. The number of aromatic nitrogens is 2. The molecule has 2 N–H and O–H groups in total. The van der Waals surface area contributed by atoms with E-state index in [9.17, 15) is 4.79 Å². The zero-order valence-corrected chi connectivity index (χ0v) is 12.4. The Labute approximate surface area is 124 Å². The molecule has 0 aliphatic rings. The van der Waals surface area contributed by atoms with E-state index in [1.165, 1.54) is 0 Å². The number of carbonyl (C=O) groups is 1. The lowest BCUT2D eigenvalue weighted by Gasteiger charge is -2.10. The van der Waals surface area contributed by atoms with Gasteiger partial charge in [0.2, 0.25) is 0 Å². The number of carbonyl (C=O) groups excluding carboxylic acids is 1. The van der Waals surface area contributed by atoms with E-state index in [2.05, 4.69) is 27.5 Å². The third-order valence-corrected chi connectivity index (χ3v) is 3.00. The van der Waals surface area contributed by atoms with Crippen LogP contribution in [0.1, 0.15) is 36.3 Å². The number of aryl methyl sites for hydroxylation is 1. The van der Waals surface area contributed by atoms with Gasteiger partial charge in [0.1, 0.15) is 5.82 Å². The SMILES string of the molecule is CCCNc1cc(C(=O)Nc2ccncc2)cc(CC)n1. The molecule has 0 aliphatic carbocycles. The lowest BCUT2D eigenvalue weighted by Crippen LogP contribution is -2.14. The quantitative estimate of drug-likeness (QED) is 0.855. The molecule has 0 spiro atoms. The summed E-state index contributed by atoms with van der Waals surface area (Å²) in [5.41, 5.74) is 2.24. The van der Waals surface area contributed by atoms with Crippen molar-refractivity contribution in [1.82, 2.24) is 9.97 Å². The van der Waals surface area contributed by atoms with E-state index < -0.39 is 0 Å². The Hall–Kier alpha value is -2.43. The normalized spacial score (nSPS) is 10.2. The second kappa shape index (κ2) is 7.38. The Balaban J connectivity index is 2.19. The van der Waals surface area contributed by atoms with E-state index in [1.807, 2.05) is 13.0 Å². The van der Waals surface area contributed by atoms with Gasteiger partial charge in [-0.3, -0.25) is 9.78 Å². The minimum atomic E-state index is -0.141. The van der Waals surface area contributed by atoms with Crippen molar-refractivity contribution < 1.29 is 4.79 Å². The first-order valence-electron chi connectivity index (χ1n) is 7.19. The molecule has 110 valence electrons. The summed E-state index contributed by atoms with van der Waals surface area (Å²) in [5, 5.41) is 6.09. The molecular formula is C16H20N4O. The Morgan fingerprint density at radius 2 is 1.95 bits per heavy atom. The van der Waals surface area contributed by atoms with Gasteiger partial charge in [0.25, 0.3) is 5.91 Å². The van der Waals surface area contributed by atoms with Crippen LogP contribution in [-0.4, -0.2) is 22.4 Å². The molecule has 0 radical (unpaired) electrons. The fourth-order valence-electron chi connectivity index (χ4n) is 1.88. The van der Waals surface area contributed by atoms with Crippen molar-refractivity contribution in [2.45, 2.75) is 26.7 Å². The molecule has 0 atom stereocenters. The fraction of sp³-hybridized carbons (Fsp3) is 0.312. The maximum absolute atomic E-state index is 12.3. The molecule has 21 heavy (non-hydrogen) atoms. The third-order valence-electron chi connectivity index (χ3n) is 3.00. The Morgan fingerprint density at radius 1 is 1.19 bits per heavy atom. The van der Waals surface area contributed by atoms with Crippen molar-refractivity contribution in [3.8, 4) is 0 Å². The minimum Gasteiger partial charge on any atom is -0.370 e. The second-order valence-electron chi connectivity index (χ2n) is 4.70. The maximum atomic E-state index is 12.3. The number of nitrogens with zero attached hydrogens (tertiary/aromatic N) is 2. The van der Waals surface area contributed by atoms with Crippen molar-refractivity contribution in [2.24, 2.45) is 0 Å². The number of rotatable bonds is 6. The summed E-state index contributed by atoms with van der Waals surface area (Å²) in [6.45, 7) is 4.95. The monoisotopic (exact) mass is 284 g/mol. The predicted octanol–water partition coefficient (Wildman–Crippen LogP) is 3.11. The first-order valence-corrected chi connectivity index (χ1v) is 7.19. The van der Waals surface area contributed by atoms with E-state index in [-0.39, 0.29) is 5.91 Å². The summed E-state index contributed by atoms with van der Waals surface area (Å²) in [7, 11) is 0. The summed E-state index contributed by atoms with van der Waals surface area (Å²) in [5.74, 6) is 0.605. The van der Waals surface area contributed by atoms with E-state index >= 15 is 0 Å². The van der Waals surface area contributed by atoms with Crippen LogP contribution in [0.5, 0.6) is 0 Å². The molecule has 2 rings (SSSR count). The van der Waals surface area contributed by atoms with Crippen LogP contribution >= 0.6 is 0 Å². The number of hydrogen-bond acceptors (Lipinski definition) is 4. The molecule has 2 aromatic rings. The molecule has 5 heteroatoms. The van der Waals surface area contributed by atoms with Crippen LogP contribution in [0.3, 0.4) is 0 Å². The lowest BCUT2D eigenvalue weighted by atomic mass is 10.1. The zero-order valence-electron chi connectivity index (χ0n) is 12.4. The van der Waals surface area contributed by atoms with Crippen molar-refractivity contribution in [1.29, 1.82) is 0 Å². The average molecular weight is 284 g/mol. The van der Waals surface area contributed by atoms with Crippen LogP contribution < -0.4 is 10.6 Å². The Morgan fingerprint density at radius 3 is 2.62 bits per heavy atom. The van der Waals surface area contributed by atoms with Crippen LogP contribution in [0, 0.1) is 0 Å². The van der Waals surface area contributed by atoms with Gasteiger partial charge in [-0.05, 0) is 37.1 Å². The van der Waals surface area contributed by atoms with Gasteiger partial charge < -0.3 is 10.6 Å². The molecular weight excluding hydrogens is 264 g/mol. The largest absolute Gasteiger partial charge is 0.370 e. The number of anilines is 2. The molecule has 0 saturated heterocycles. The van der Waals surface area contributed by atoms with Gasteiger partial charge in [0.15, 0.2) is 0 Å². The summed E-state index contributed by atoms with van der Waals surface area (Å²) < 4.78 is 0. The average Bonchev–Trinajstić information content (AvgIpc) is 2.53. The first kappa shape index (κ1) is 15.0. The molecule has 5 nitrogen and oxygen atoms in total. The number of hydrogen-bond donors (Lipinski definition) is 2. The standard InChI is InChI=1S/C16H20N4O/c1-3-7-18-15-11-12(10-13(4-2)19-15)16(21)20-14-5-8-17-9-6-14/h5-6,8-11H,3-4,7H2,1-2H3,(H,18,19)(H,17,20,21). The van der Waals surface area contributed by atoms with Crippen molar-refractivity contribution in [2.75, 3.05) is 17.2 Å². The van der Waals surface area contributed by atoms with Crippen molar-refractivity contribution >= 4 is 17.4 Å². The van der Waals surface area contributed by atoms with E-state index in [0.717, 1.165) is 36.6 Å². The highest BCUT2D eigenvalue weighted by Gasteiger charge is 2.09. The van der Waals surface area contributed by atoms with Gasteiger partial charge >= 0.3 is 0 Å². The lowest BCUT2D eigenvalue weighted by molar-refractivity contribution is 0.102. The van der Waals surface area contributed by atoms with Crippen molar-refractivity contribution in [3.05, 3.63) is 47.9 Å². The van der Waals surface area contributed by atoms with Gasteiger partial charge in [-0.2, -0.15) is 0 Å². The molecule has 0 aromatic carbocycles. The second-order valence-corrected chi connectivity index (χ2v) is 4.70. The number of nitrogens with one attached hydrogen (secondary N) is 2. The van der Waals surface area contributed by atoms with Crippen LogP contribution in [0.4, 0.5) is 11.5 Å². The highest BCUT2D eigenvalue weighted by molar-refractivity contribution is 6.04. The molecule has 1 amide bonds. The van der Waals surface area contributed by atoms with Crippen LogP contribution in [0.25, 0.3) is 0 Å². The summed E-state index contributed by atoms with van der Waals surface area (Å²) in [6.07, 6.45) is 5.09. The summed E-state index contributed by atoms with van der Waals surface area (Å²) in [4.78, 5) is 20.7. The van der Waals surface area contributed by atoms with Gasteiger partial charge in [0, 0.05) is 35.9 Å². The molecule has 0 fully saturated rings. The first-order chi connectivity index (χ1) is 10.2. The van der Waals surface area contributed by atoms with Crippen LogP contribution in [0.2, 0.25) is 0 Å². The Bertz CT molecular complexity index is 598. The molecule has 0 bridgehead atoms. The predicted molar refractivity (Wildman–Crippen MR) is 84.6 cm³/mol. The molecule has 2 heterocycles. The third kappa shape index (κ3) is 4.27.